The van der Waals surface area contributed by atoms with E-state index < -0.39 is 0 Å². The Bertz CT molecular complexity index is 212. The molecular weight excluding hydrogens is 220 g/mol. The first-order valence-electron chi connectivity index (χ1n) is 7.88. The summed E-state index contributed by atoms with van der Waals surface area (Å²) in [6.07, 6.45) is 5.64. The zero-order valence-electron chi connectivity index (χ0n) is 13.3. The summed E-state index contributed by atoms with van der Waals surface area (Å²) < 4.78 is 0. The molecule has 1 heterocycles. The van der Waals surface area contributed by atoms with E-state index in [1.54, 1.807) is 0 Å². The van der Waals surface area contributed by atoms with E-state index in [1.165, 1.54) is 45.3 Å². The average molecular weight is 254 g/mol. The van der Waals surface area contributed by atoms with Crippen LogP contribution in [0.2, 0.25) is 0 Å². The zero-order valence-corrected chi connectivity index (χ0v) is 13.3. The molecule has 0 amide bonds. The van der Waals surface area contributed by atoms with Crippen LogP contribution >= 0.6 is 0 Å². The highest BCUT2D eigenvalue weighted by molar-refractivity contribution is 4.76. The first-order chi connectivity index (χ1) is 8.40. The van der Waals surface area contributed by atoms with Gasteiger partial charge in [-0.25, -0.2) is 0 Å². The molecule has 0 spiro atoms. The molecule has 1 saturated heterocycles. The molecule has 0 bridgehead atoms. The summed E-state index contributed by atoms with van der Waals surface area (Å²) >= 11 is 0. The van der Waals surface area contributed by atoms with Crippen molar-refractivity contribution in [2.45, 2.75) is 65.8 Å². The predicted octanol–water partition coefficient (Wildman–Crippen LogP) is 3.52. The molecule has 0 aromatic carbocycles. The Kier molecular flexibility index (Phi) is 6.65. The molecular formula is C16H34N2. The molecule has 18 heavy (non-hydrogen) atoms. The van der Waals surface area contributed by atoms with Gasteiger partial charge in [-0.15, -0.1) is 0 Å². The van der Waals surface area contributed by atoms with Crippen molar-refractivity contribution in [2.24, 2.45) is 11.8 Å². The van der Waals surface area contributed by atoms with Crippen molar-refractivity contribution < 1.29 is 0 Å². The van der Waals surface area contributed by atoms with E-state index in [0.29, 0.717) is 0 Å². The molecule has 0 saturated carbocycles. The maximum Gasteiger partial charge on any atom is 0.00966 e. The van der Waals surface area contributed by atoms with E-state index in [1.807, 2.05) is 0 Å². The molecule has 1 atom stereocenters. The molecule has 1 N–H and O–H groups in total. The highest BCUT2D eigenvalue weighted by atomic mass is 15.1. The second kappa shape index (κ2) is 7.49. The van der Waals surface area contributed by atoms with Crippen molar-refractivity contribution in [1.29, 1.82) is 0 Å². The third-order valence-electron chi connectivity index (χ3n) is 3.95. The number of nitrogens with zero attached hydrogens (tertiary/aromatic N) is 1. The van der Waals surface area contributed by atoms with Crippen LogP contribution in [0.4, 0.5) is 0 Å². The Morgan fingerprint density at radius 2 is 1.83 bits per heavy atom. The van der Waals surface area contributed by atoms with Crippen LogP contribution in [0.25, 0.3) is 0 Å². The second-order valence-corrected chi connectivity index (χ2v) is 7.27. The third kappa shape index (κ3) is 6.75. The molecule has 1 unspecified atom stereocenters. The largest absolute Gasteiger partial charge is 0.312 e. The van der Waals surface area contributed by atoms with Gasteiger partial charge in [0.25, 0.3) is 0 Å². The fourth-order valence-electron chi connectivity index (χ4n) is 2.85. The van der Waals surface area contributed by atoms with Gasteiger partial charge in [0.15, 0.2) is 0 Å². The Morgan fingerprint density at radius 3 is 2.33 bits per heavy atom. The molecule has 0 radical (unpaired) electrons. The minimum absolute atomic E-state index is 0.252. The Hall–Kier alpha value is -0.0800. The number of nitrogens with one attached hydrogen (secondary N) is 1. The van der Waals surface area contributed by atoms with Gasteiger partial charge >= 0.3 is 0 Å². The molecule has 2 nitrogen and oxygen atoms in total. The van der Waals surface area contributed by atoms with Crippen molar-refractivity contribution in [2.75, 3.05) is 26.2 Å². The van der Waals surface area contributed by atoms with E-state index >= 15 is 0 Å². The molecule has 1 fully saturated rings. The van der Waals surface area contributed by atoms with Crippen LogP contribution in [0.5, 0.6) is 0 Å². The summed E-state index contributed by atoms with van der Waals surface area (Å²) in [4.78, 5) is 2.67. The van der Waals surface area contributed by atoms with E-state index in [0.717, 1.165) is 18.4 Å². The lowest BCUT2D eigenvalue weighted by Gasteiger charge is -2.34. The quantitative estimate of drug-likeness (QED) is 0.780. The van der Waals surface area contributed by atoms with Gasteiger partial charge in [-0.1, -0.05) is 26.7 Å². The number of hydrogen-bond donors (Lipinski definition) is 1. The Balaban J connectivity index is 2.16. The van der Waals surface area contributed by atoms with Crippen LogP contribution in [0, 0.1) is 11.8 Å². The Morgan fingerprint density at radius 1 is 1.22 bits per heavy atom. The number of piperidine rings is 1. The summed E-state index contributed by atoms with van der Waals surface area (Å²) in [7, 11) is 0. The lowest BCUT2D eigenvalue weighted by Crippen LogP contribution is -2.43. The van der Waals surface area contributed by atoms with Crippen LogP contribution in [-0.2, 0) is 0 Å². The maximum absolute atomic E-state index is 3.61. The lowest BCUT2D eigenvalue weighted by atomic mass is 9.92. The monoisotopic (exact) mass is 254 g/mol. The fraction of sp³-hybridized carbons (Fsp3) is 1.00. The summed E-state index contributed by atoms with van der Waals surface area (Å²) in [5.74, 6) is 1.77. The van der Waals surface area contributed by atoms with Gasteiger partial charge in [-0.2, -0.15) is 0 Å². The smallest absolute Gasteiger partial charge is 0.00966 e. The minimum atomic E-state index is 0.252. The lowest BCUT2D eigenvalue weighted by molar-refractivity contribution is 0.156. The van der Waals surface area contributed by atoms with Crippen molar-refractivity contribution in [1.82, 2.24) is 10.2 Å². The predicted molar refractivity (Wildman–Crippen MR) is 81.0 cm³/mol. The summed E-state index contributed by atoms with van der Waals surface area (Å²) in [6.45, 7) is 16.5. The molecule has 0 aliphatic carbocycles. The van der Waals surface area contributed by atoms with Gasteiger partial charge < -0.3 is 10.2 Å². The van der Waals surface area contributed by atoms with Gasteiger partial charge in [0.05, 0.1) is 0 Å². The molecule has 0 aromatic heterocycles. The van der Waals surface area contributed by atoms with Gasteiger partial charge in [0.2, 0.25) is 0 Å². The summed E-state index contributed by atoms with van der Waals surface area (Å²) in [6, 6.07) is 0. The highest BCUT2D eigenvalue weighted by Crippen LogP contribution is 2.22. The normalized spacial score (nSPS) is 21.2. The van der Waals surface area contributed by atoms with E-state index in [4.69, 9.17) is 0 Å². The topological polar surface area (TPSA) is 15.3 Å². The number of rotatable bonds is 6. The molecule has 1 aliphatic rings. The summed E-state index contributed by atoms with van der Waals surface area (Å²) in [5, 5.41) is 3.61. The van der Waals surface area contributed by atoms with Gasteiger partial charge in [-0.3, -0.25) is 0 Å². The van der Waals surface area contributed by atoms with E-state index in [-0.39, 0.29) is 5.54 Å². The molecule has 108 valence electrons. The first-order valence-corrected chi connectivity index (χ1v) is 7.88. The molecule has 2 heteroatoms. The van der Waals surface area contributed by atoms with Crippen LogP contribution < -0.4 is 5.32 Å². The molecule has 1 rings (SSSR count). The van der Waals surface area contributed by atoms with Gasteiger partial charge in [-0.05, 0) is 65.1 Å². The standard InChI is InChI=1S/C16H34N2/c1-6-7-15-8-10-18(11-9-15)13-14(2)12-17-16(3,4)5/h14-15,17H,6-13H2,1-5H3. The first kappa shape index (κ1) is 16.0. The van der Waals surface area contributed by atoms with Crippen molar-refractivity contribution >= 4 is 0 Å². The van der Waals surface area contributed by atoms with Crippen LogP contribution in [0.1, 0.15) is 60.3 Å². The van der Waals surface area contributed by atoms with Crippen LogP contribution in [-0.4, -0.2) is 36.6 Å². The van der Waals surface area contributed by atoms with E-state index in [9.17, 15) is 0 Å². The van der Waals surface area contributed by atoms with Gasteiger partial charge in [0.1, 0.15) is 0 Å². The Labute approximate surface area is 115 Å². The van der Waals surface area contributed by atoms with Gasteiger partial charge in [0, 0.05) is 12.1 Å². The van der Waals surface area contributed by atoms with Crippen molar-refractivity contribution in [3.05, 3.63) is 0 Å². The minimum Gasteiger partial charge on any atom is -0.312 e. The van der Waals surface area contributed by atoms with Crippen LogP contribution in [0.15, 0.2) is 0 Å². The SMILES string of the molecule is CCCC1CCN(CC(C)CNC(C)(C)C)CC1. The van der Waals surface area contributed by atoms with E-state index in [2.05, 4.69) is 44.8 Å². The molecule has 0 aromatic rings. The zero-order chi connectivity index (χ0) is 13.6. The second-order valence-electron chi connectivity index (χ2n) is 7.27. The maximum atomic E-state index is 3.61. The van der Waals surface area contributed by atoms with Crippen molar-refractivity contribution in [3.8, 4) is 0 Å². The average Bonchev–Trinajstić information content (AvgIpc) is 2.29. The van der Waals surface area contributed by atoms with Crippen molar-refractivity contribution in [3.63, 3.8) is 0 Å². The fourth-order valence-corrected chi connectivity index (χ4v) is 2.85. The number of hydrogen-bond acceptors (Lipinski definition) is 2. The number of likely N-dealkylation sites (tertiary alicyclic amines) is 1. The molecule has 1 aliphatic heterocycles. The summed E-state index contributed by atoms with van der Waals surface area (Å²) in [5.41, 5.74) is 0.252. The third-order valence-corrected chi connectivity index (χ3v) is 3.95. The highest BCUT2D eigenvalue weighted by Gasteiger charge is 2.20. The van der Waals surface area contributed by atoms with Crippen LogP contribution in [0.3, 0.4) is 0 Å².